The molecule has 4 rings (SSSR count). The van der Waals surface area contributed by atoms with E-state index in [1.54, 1.807) is 12.1 Å². The number of anilines is 1. The number of halogens is 3. The van der Waals surface area contributed by atoms with Crippen molar-refractivity contribution in [3.8, 4) is 17.2 Å². The van der Waals surface area contributed by atoms with Gasteiger partial charge in [-0.2, -0.15) is 0 Å². The Bertz CT molecular complexity index is 1130. The van der Waals surface area contributed by atoms with Gasteiger partial charge in [-0.15, -0.1) is 13.2 Å². The van der Waals surface area contributed by atoms with Gasteiger partial charge < -0.3 is 24.3 Å². The molecule has 180 valence electrons. The highest BCUT2D eigenvalue weighted by atomic mass is 19.4. The molecular weight excluding hydrogens is 461 g/mol. The SMILES string of the molecule is COc1ccc2c(c1OC)C(=O)O[C@H]2N1C(=O)CC[C@H]1C(=O)Nc1ccc(OC(F)(F)F)cc1. The second kappa shape index (κ2) is 8.76. The van der Waals surface area contributed by atoms with Crippen LogP contribution in [0.1, 0.15) is 35.0 Å². The molecule has 2 aliphatic heterocycles. The summed E-state index contributed by atoms with van der Waals surface area (Å²) in [4.78, 5) is 39.4. The zero-order chi connectivity index (χ0) is 24.6. The predicted octanol–water partition coefficient (Wildman–Crippen LogP) is 3.40. The highest BCUT2D eigenvalue weighted by Crippen LogP contribution is 2.45. The van der Waals surface area contributed by atoms with Crippen molar-refractivity contribution in [1.82, 2.24) is 4.90 Å². The molecule has 0 radical (unpaired) electrons. The van der Waals surface area contributed by atoms with E-state index in [0.717, 1.165) is 12.1 Å². The van der Waals surface area contributed by atoms with Gasteiger partial charge in [-0.25, -0.2) is 4.79 Å². The average Bonchev–Trinajstić information content (AvgIpc) is 3.33. The van der Waals surface area contributed by atoms with Crippen molar-refractivity contribution >= 4 is 23.5 Å². The van der Waals surface area contributed by atoms with Crippen molar-refractivity contribution in [3.63, 3.8) is 0 Å². The maximum absolute atomic E-state index is 13.0. The molecule has 34 heavy (non-hydrogen) atoms. The number of fused-ring (bicyclic) bond motifs is 1. The fourth-order valence-electron chi connectivity index (χ4n) is 4.01. The van der Waals surface area contributed by atoms with E-state index in [4.69, 9.17) is 14.2 Å². The van der Waals surface area contributed by atoms with Gasteiger partial charge in [0.05, 0.1) is 14.2 Å². The molecule has 2 amide bonds. The lowest BCUT2D eigenvalue weighted by Gasteiger charge is -2.29. The number of likely N-dealkylation sites (tertiary alicyclic amines) is 1. The molecule has 1 fully saturated rings. The zero-order valence-electron chi connectivity index (χ0n) is 18.0. The van der Waals surface area contributed by atoms with Crippen molar-refractivity contribution in [2.24, 2.45) is 0 Å². The molecule has 2 aliphatic rings. The van der Waals surface area contributed by atoms with E-state index in [1.165, 1.54) is 31.3 Å². The Kier molecular flexibility index (Phi) is 5.98. The molecular formula is C22H19F3N2O7. The smallest absolute Gasteiger partial charge is 0.493 e. The normalized spacial score (nSPS) is 19.5. The summed E-state index contributed by atoms with van der Waals surface area (Å²) in [7, 11) is 2.77. The molecule has 0 saturated carbocycles. The summed E-state index contributed by atoms with van der Waals surface area (Å²) in [6.07, 6.45) is -5.77. The molecule has 0 unspecified atom stereocenters. The summed E-state index contributed by atoms with van der Waals surface area (Å²) in [5, 5.41) is 2.57. The van der Waals surface area contributed by atoms with E-state index in [0.29, 0.717) is 11.3 Å². The maximum Gasteiger partial charge on any atom is 0.573 e. The first kappa shape index (κ1) is 23.2. The third-order valence-corrected chi connectivity index (χ3v) is 5.43. The molecule has 2 atom stereocenters. The number of nitrogens with one attached hydrogen (secondary N) is 1. The summed E-state index contributed by atoms with van der Waals surface area (Å²) < 4.78 is 56.7. The summed E-state index contributed by atoms with van der Waals surface area (Å²) >= 11 is 0. The van der Waals surface area contributed by atoms with Gasteiger partial charge in [0.1, 0.15) is 17.4 Å². The molecule has 0 spiro atoms. The molecule has 9 nitrogen and oxygen atoms in total. The fourth-order valence-corrected chi connectivity index (χ4v) is 4.01. The largest absolute Gasteiger partial charge is 0.573 e. The Labute approximate surface area is 191 Å². The Balaban J connectivity index is 1.56. The number of benzene rings is 2. The van der Waals surface area contributed by atoms with Gasteiger partial charge in [-0.05, 0) is 42.8 Å². The van der Waals surface area contributed by atoms with Crippen LogP contribution in [-0.2, 0) is 14.3 Å². The summed E-state index contributed by atoms with van der Waals surface area (Å²) in [6, 6.07) is 6.73. The quantitative estimate of drug-likeness (QED) is 0.632. The van der Waals surface area contributed by atoms with Crippen LogP contribution in [0.25, 0.3) is 0 Å². The van der Waals surface area contributed by atoms with Crippen LogP contribution in [0, 0.1) is 0 Å². The second-order valence-electron chi connectivity index (χ2n) is 7.44. The monoisotopic (exact) mass is 480 g/mol. The lowest BCUT2D eigenvalue weighted by atomic mass is 10.1. The lowest BCUT2D eigenvalue weighted by molar-refractivity contribution is -0.274. The van der Waals surface area contributed by atoms with Crippen LogP contribution in [0.3, 0.4) is 0 Å². The van der Waals surface area contributed by atoms with E-state index in [-0.39, 0.29) is 29.8 Å². The first-order chi connectivity index (χ1) is 16.1. The Morgan fingerprint density at radius 2 is 1.79 bits per heavy atom. The first-order valence-corrected chi connectivity index (χ1v) is 10.1. The molecule has 0 aromatic heterocycles. The van der Waals surface area contributed by atoms with E-state index in [9.17, 15) is 27.6 Å². The third kappa shape index (κ3) is 4.30. The predicted molar refractivity (Wildman–Crippen MR) is 109 cm³/mol. The number of hydrogen-bond acceptors (Lipinski definition) is 7. The topological polar surface area (TPSA) is 103 Å². The number of esters is 1. The molecule has 0 aliphatic carbocycles. The third-order valence-electron chi connectivity index (χ3n) is 5.43. The van der Waals surface area contributed by atoms with Gasteiger partial charge in [-0.3, -0.25) is 14.5 Å². The first-order valence-electron chi connectivity index (χ1n) is 10.1. The second-order valence-corrected chi connectivity index (χ2v) is 7.44. The zero-order valence-corrected chi connectivity index (χ0v) is 18.0. The maximum atomic E-state index is 13.0. The van der Waals surface area contributed by atoms with Gasteiger partial charge in [0.15, 0.2) is 11.5 Å². The Morgan fingerprint density at radius 3 is 2.41 bits per heavy atom. The number of amides is 2. The van der Waals surface area contributed by atoms with E-state index in [1.807, 2.05) is 0 Å². The van der Waals surface area contributed by atoms with Crippen LogP contribution in [-0.4, -0.2) is 49.3 Å². The number of ether oxygens (including phenoxy) is 4. The van der Waals surface area contributed by atoms with Gasteiger partial charge in [0, 0.05) is 17.7 Å². The van der Waals surface area contributed by atoms with Crippen LogP contribution in [0.15, 0.2) is 36.4 Å². The van der Waals surface area contributed by atoms with Crippen molar-refractivity contribution in [2.75, 3.05) is 19.5 Å². The number of alkyl halides is 3. The van der Waals surface area contributed by atoms with E-state index < -0.39 is 42.2 Å². The van der Waals surface area contributed by atoms with Crippen LogP contribution < -0.4 is 19.5 Å². The number of carbonyl (C=O) groups excluding carboxylic acids is 3. The van der Waals surface area contributed by atoms with Gasteiger partial charge in [0.2, 0.25) is 18.0 Å². The van der Waals surface area contributed by atoms with Gasteiger partial charge in [-0.1, -0.05) is 0 Å². The molecule has 1 N–H and O–H groups in total. The van der Waals surface area contributed by atoms with E-state index >= 15 is 0 Å². The number of methoxy groups -OCH3 is 2. The minimum absolute atomic E-state index is 0.0487. The highest BCUT2D eigenvalue weighted by Gasteiger charge is 2.47. The molecule has 2 aromatic carbocycles. The molecule has 0 bridgehead atoms. The number of rotatable bonds is 6. The van der Waals surface area contributed by atoms with Crippen LogP contribution in [0.5, 0.6) is 17.2 Å². The van der Waals surface area contributed by atoms with Crippen molar-refractivity contribution < 1.29 is 46.5 Å². The van der Waals surface area contributed by atoms with Crippen LogP contribution in [0.2, 0.25) is 0 Å². The van der Waals surface area contributed by atoms with Crippen LogP contribution in [0.4, 0.5) is 18.9 Å². The Hall–Kier alpha value is -3.96. The van der Waals surface area contributed by atoms with Gasteiger partial charge in [0.25, 0.3) is 0 Å². The Morgan fingerprint density at radius 1 is 1.09 bits per heavy atom. The summed E-state index contributed by atoms with van der Waals surface area (Å²) in [5.41, 5.74) is 0.657. The number of carbonyl (C=O) groups is 3. The lowest BCUT2D eigenvalue weighted by Crippen LogP contribution is -2.43. The van der Waals surface area contributed by atoms with Crippen molar-refractivity contribution in [2.45, 2.75) is 31.5 Å². The number of cyclic esters (lactones) is 1. The average molecular weight is 480 g/mol. The molecule has 12 heteroatoms. The highest BCUT2D eigenvalue weighted by molar-refractivity contribution is 6.01. The molecule has 1 saturated heterocycles. The minimum Gasteiger partial charge on any atom is -0.493 e. The summed E-state index contributed by atoms with van der Waals surface area (Å²) in [6.45, 7) is 0. The number of nitrogens with zero attached hydrogens (tertiary/aromatic N) is 1. The van der Waals surface area contributed by atoms with Crippen molar-refractivity contribution in [3.05, 3.63) is 47.5 Å². The molecule has 2 heterocycles. The summed E-state index contributed by atoms with van der Waals surface area (Å²) in [5.74, 6) is -1.69. The van der Waals surface area contributed by atoms with E-state index in [2.05, 4.69) is 10.1 Å². The van der Waals surface area contributed by atoms with Gasteiger partial charge >= 0.3 is 12.3 Å². The minimum atomic E-state index is -4.84. The molecule has 2 aromatic rings. The fraction of sp³-hybridized carbons (Fsp3) is 0.318. The van der Waals surface area contributed by atoms with Crippen molar-refractivity contribution in [1.29, 1.82) is 0 Å². The van der Waals surface area contributed by atoms with Crippen LogP contribution >= 0.6 is 0 Å². The standard InChI is InChI=1S/C22H19F3N2O7/c1-31-15-9-7-13-17(18(15)32-2)21(30)33-20(13)27-14(8-10-16(27)28)19(29)26-11-3-5-12(6-4-11)34-22(23,24)25/h3-7,9,14,20H,8,10H2,1-2H3,(H,26,29)/t14-,20+/m0/s1. The number of hydrogen-bond donors (Lipinski definition) is 1.